The molecule has 2 aliphatic heterocycles. The number of benzene rings is 2. The zero-order valence-corrected chi connectivity index (χ0v) is 31.0. The number of amidine groups is 1. The lowest BCUT2D eigenvalue weighted by atomic mass is 9.81. The monoisotopic (exact) mass is 741 g/mol. The van der Waals surface area contributed by atoms with Crippen LogP contribution in [-0.4, -0.2) is 87.0 Å². The predicted molar refractivity (Wildman–Crippen MR) is 201 cm³/mol. The highest BCUT2D eigenvalue weighted by Crippen LogP contribution is 2.48. The van der Waals surface area contributed by atoms with Crippen molar-refractivity contribution in [2.75, 3.05) is 48.9 Å². The first-order valence-electron chi connectivity index (χ1n) is 16.0. The Labute approximate surface area is 299 Å². The van der Waals surface area contributed by atoms with Crippen LogP contribution in [0.3, 0.4) is 0 Å². The van der Waals surface area contributed by atoms with Crippen LogP contribution < -0.4 is 26.0 Å². The topological polar surface area (TPSA) is 204 Å². The largest absolute Gasteiger partial charge is 0.426 e. The van der Waals surface area contributed by atoms with E-state index in [-0.39, 0.29) is 25.1 Å². The van der Waals surface area contributed by atoms with Gasteiger partial charge in [0.25, 0.3) is 26.3 Å². The third-order valence-electron chi connectivity index (χ3n) is 8.78. The number of urea groups is 1. The number of aliphatic imine (C=N–C) groups is 1. The Morgan fingerprint density at radius 1 is 0.941 bits per heavy atom. The highest BCUT2D eigenvalue weighted by atomic mass is 32.2. The number of rotatable bonds is 12. The molecular weight excluding hydrogens is 697 g/mol. The third kappa shape index (κ3) is 9.32. The highest BCUT2D eigenvalue weighted by Gasteiger charge is 2.45. The lowest BCUT2D eigenvalue weighted by Gasteiger charge is -2.26. The molecule has 0 aliphatic carbocycles. The van der Waals surface area contributed by atoms with Crippen LogP contribution in [0.15, 0.2) is 89.6 Å². The van der Waals surface area contributed by atoms with E-state index in [1.807, 2.05) is 104 Å². The van der Waals surface area contributed by atoms with Gasteiger partial charge in [0.05, 0.1) is 11.2 Å². The van der Waals surface area contributed by atoms with Crippen LogP contribution in [0.4, 0.5) is 21.9 Å². The zero-order valence-electron chi connectivity index (χ0n) is 29.4. The van der Waals surface area contributed by atoms with Crippen molar-refractivity contribution >= 4 is 55.1 Å². The van der Waals surface area contributed by atoms with Gasteiger partial charge in [-0.1, -0.05) is 44.2 Å². The molecule has 0 fully saturated rings. The first kappa shape index (κ1) is 39.0. The summed E-state index contributed by atoms with van der Waals surface area (Å²) in [5.41, 5.74) is 10.1. The summed E-state index contributed by atoms with van der Waals surface area (Å²) < 4.78 is 73.1. The van der Waals surface area contributed by atoms with Gasteiger partial charge in [-0.15, -0.1) is 0 Å². The Bertz CT molecular complexity index is 2100. The fourth-order valence-electron chi connectivity index (χ4n) is 6.21. The van der Waals surface area contributed by atoms with Crippen molar-refractivity contribution < 1.29 is 40.0 Å². The number of hydrogen-bond acceptors (Lipinski definition) is 8. The Balaban J connectivity index is 1.61. The quantitative estimate of drug-likeness (QED) is 0.0688. The second kappa shape index (κ2) is 15.2. The second-order valence-corrected chi connectivity index (χ2v) is 16.1. The number of allylic oxidation sites excluding steroid dienone is 8. The summed E-state index contributed by atoms with van der Waals surface area (Å²) in [5, 5.41) is 5.28. The second-order valence-electron chi connectivity index (χ2n) is 13.0. The number of nitrogens with two attached hydrogens (primary N) is 1. The van der Waals surface area contributed by atoms with E-state index in [2.05, 4.69) is 15.6 Å². The molecule has 0 spiro atoms. The average Bonchev–Trinajstić information content (AvgIpc) is 3.39. The molecule has 274 valence electrons. The lowest BCUT2D eigenvalue weighted by Crippen LogP contribution is -2.30. The summed E-state index contributed by atoms with van der Waals surface area (Å²) in [6.07, 6.45) is 12.9. The summed E-state index contributed by atoms with van der Waals surface area (Å²) in [4.78, 5) is 17.6. The van der Waals surface area contributed by atoms with E-state index in [4.69, 9.17) is 10.5 Å². The molecule has 16 heteroatoms. The van der Waals surface area contributed by atoms with Crippen LogP contribution in [0.2, 0.25) is 0 Å². The molecule has 0 aromatic heterocycles. The molecule has 2 aliphatic rings. The fourth-order valence-corrected chi connectivity index (χ4v) is 7.04. The normalized spacial score (nSPS) is 17.9. The molecule has 2 amide bonds. The summed E-state index contributed by atoms with van der Waals surface area (Å²) in [6, 6.07) is 10.4. The van der Waals surface area contributed by atoms with Crippen molar-refractivity contribution in [2.24, 2.45) is 10.7 Å². The number of nitrogens with zero attached hydrogens (tertiary/aromatic N) is 3. The molecular formula is C35H45N6O8S2+. The van der Waals surface area contributed by atoms with Gasteiger partial charge in [-0.3, -0.25) is 9.11 Å². The molecule has 2 heterocycles. The van der Waals surface area contributed by atoms with Crippen LogP contribution in [0.5, 0.6) is 5.75 Å². The minimum atomic E-state index is -4.23. The van der Waals surface area contributed by atoms with Crippen molar-refractivity contribution in [3.05, 3.63) is 95.8 Å². The lowest BCUT2D eigenvalue weighted by molar-refractivity contribution is -0.432. The average molecular weight is 742 g/mol. The molecule has 51 heavy (non-hydrogen) atoms. The summed E-state index contributed by atoms with van der Waals surface area (Å²) in [5.74, 6) is -0.453. The number of nitrogens with one attached hydrogen (secondary N) is 2. The van der Waals surface area contributed by atoms with Gasteiger partial charge in [-0.2, -0.15) is 21.4 Å². The first-order chi connectivity index (χ1) is 23.8. The van der Waals surface area contributed by atoms with Gasteiger partial charge in [0.1, 0.15) is 11.5 Å². The number of amides is 2. The van der Waals surface area contributed by atoms with Crippen LogP contribution in [0.25, 0.3) is 0 Å². The van der Waals surface area contributed by atoms with Gasteiger partial charge in [0.2, 0.25) is 5.69 Å². The van der Waals surface area contributed by atoms with Crippen LogP contribution in [-0.2, 0) is 31.1 Å². The molecule has 0 atom stereocenters. The van der Waals surface area contributed by atoms with E-state index in [9.17, 15) is 30.7 Å². The zero-order chi connectivity index (χ0) is 37.8. The smallest absolute Gasteiger partial charge is 0.318 e. The van der Waals surface area contributed by atoms with E-state index in [0.29, 0.717) is 11.4 Å². The van der Waals surface area contributed by atoms with E-state index in [0.717, 1.165) is 33.9 Å². The Morgan fingerprint density at radius 3 is 2.25 bits per heavy atom. The van der Waals surface area contributed by atoms with Gasteiger partial charge in [0, 0.05) is 60.8 Å². The molecule has 0 radical (unpaired) electrons. The Hall–Kier alpha value is -4.77. The molecule has 0 saturated heterocycles. The number of anilines is 2. The van der Waals surface area contributed by atoms with Crippen molar-refractivity contribution in [1.82, 2.24) is 5.32 Å². The molecule has 14 nitrogen and oxygen atoms in total. The number of fused-ring (bicyclic) bond motifs is 2. The van der Waals surface area contributed by atoms with E-state index in [1.54, 1.807) is 12.1 Å². The molecule has 6 N–H and O–H groups in total. The summed E-state index contributed by atoms with van der Waals surface area (Å²) in [7, 11) is -5.42. The number of carbonyl (C=O) groups is 1. The van der Waals surface area contributed by atoms with Crippen LogP contribution in [0, 0.1) is 0 Å². The van der Waals surface area contributed by atoms with Gasteiger partial charge in [-0.25, -0.2) is 9.79 Å². The SMILES string of the molecule is CN=C(N)Oc1ccc2c(c1)C(C)(C)C(/C=C/C=C/C=C/C=C1/N(CCS(=O)(=O)O)c3ccc(NC(=O)NC)cc3C1(C)C)=[N+]2CCS(=O)(=O)O. The first-order valence-corrected chi connectivity index (χ1v) is 19.2. The fraction of sp³-hybridized carbons (Fsp3) is 0.343. The van der Waals surface area contributed by atoms with Crippen LogP contribution >= 0.6 is 0 Å². The van der Waals surface area contributed by atoms with Gasteiger partial charge in [0.15, 0.2) is 12.3 Å². The van der Waals surface area contributed by atoms with E-state index >= 15 is 0 Å². The molecule has 2 aromatic rings. The van der Waals surface area contributed by atoms with Gasteiger partial charge < -0.3 is 26.0 Å². The number of ether oxygens (including phenoxy) is 1. The Morgan fingerprint density at radius 2 is 1.61 bits per heavy atom. The maximum absolute atomic E-state index is 11.9. The van der Waals surface area contributed by atoms with Gasteiger partial charge >= 0.3 is 6.03 Å². The van der Waals surface area contributed by atoms with E-state index in [1.165, 1.54) is 14.1 Å². The van der Waals surface area contributed by atoms with Crippen LogP contribution in [0.1, 0.15) is 38.8 Å². The molecule has 2 aromatic carbocycles. The minimum absolute atomic E-state index is 0.00284. The summed E-state index contributed by atoms with van der Waals surface area (Å²) >= 11 is 0. The van der Waals surface area contributed by atoms with Gasteiger partial charge in [-0.05, 0) is 55.8 Å². The molecule has 0 unspecified atom stereocenters. The third-order valence-corrected chi connectivity index (χ3v) is 10.2. The molecule has 0 bridgehead atoms. The predicted octanol–water partition coefficient (Wildman–Crippen LogP) is 4.26. The maximum Gasteiger partial charge on any atom is 0.318 e. The van der Waals surface area contributed by atoms with Crippen molar-refractivity contribution in [3.8, 4) is 5.75 Å². The molecule has 4 rings (SSSR count). The number of hydrogen-bond donors (Lipinski definition) is 5. The van der Waals surface area contributed by atoms with Crippen molar-refractivity contribution in [1.29, 1.82) is 0 Å². The standard InChI is InChI=1S/C35H44N6O8S2/c1-34(2)26-22-24(39-33(42)38-6)14-16-28(26)40(18-20-50(43,44)45)30(34)12-10-8-7-9-11-13-31-35(3,4)27-23-25(49-32(36)37-5)15-17-29(27)41(31)19-21-51(46,47)48/h7-17,22-23H,18-21H2,1-6H3,(H5-,36,37,38,39,42,43,44,45,46,47,48)/p+1. The maximum atomic E-state index is 11.9. The Kier molecular flexibility index (Phi) is 11.7. The van der Waals surface area contributed by atoms with E-state index < -0.39 is 42.6 Å². The molecule has 0 saturated carbocycles. The van der Waals surface area contributed by atoms with Crippen molar-refractivity contribution in [2.45, 2.75) is 38.5 Å². The number of carbonyl (C=O) groups excluding carboxylic acids is 1. The van der Waals surface area contributed by atoms with Crippen molar-refractivity contribution in [3.63, 3.8) is 0 Å². The minimum Gasteiger partial charge on any atom is -0.426 e. The highest BCUT2D eigenvalue weighted by molar-refractivity contribution is 7.86. The summed E-state index contributed by atoms with van der Waals surface area (Å²) in [6.45, 7) is 8.04.